The van der Waals surface area contributed by atoms with E-state index in [2.05, 4.69) is 31.4 Å². The van der Waals surface area contributed by atoms with Crippen LogP contribution in [0.5, 0.6) is 0 Å². The number of carbonyl (C=O) groups excluding carboxylic acids is 2. The van der Waals surface area contributed by atoms with Crippen LogP contribution in [0.15, 0.2) is 48.6 Å². The van der Waals surface area contributed by atoms with Gasteiger partial charge in [-0.1, -0.05) is 140 Å². The second-order valence-electron chi connectivity index (χ2n) is 12.6. The van der Waals surface area contributed by atoms with Crippen LogP contribution in [0.25, 0.3) is 0 Å². The van der Waals surface area contributed by atoms with Crippen molar-refractivity contribution in [3.8, 4) is 0 Å². The maximum atomic E-state index is 12.3. The van der Waals surface area contributed by atoms with Crippen LogP contribution < -0.4 is 0 Å². The molecule has 0 aromatic carbocycles. The Hall–Kier alpha value is -2.03. The van der Waals surface area contributed by atoms with Crippen LogP contribution in [0, 0.1) is 5.92 Å². The number of carbonyl (C=O) groups is 2. The molecule has 3 N–H and O–H groups in total. The molecule has 0 aromatic heterocycles. The van der Waals surface area contributed by atoms with Crippen LogP contribution in [0.2, 0.25) is 0 Å². The number of ether oxygens (including phenoxy) is 2. The highest BCUT2D eigenvalue weighted by atomic mass is 31.2. The van der Waals surface area contributed by atoms with Gasteiger partial charge in [-0.05, 0) is 50.9 Å². The molecule has 48 heavy (non-hydrogen) atoms. The highest BCUT2D eigenvalue weighted by Crippen LogP contribution is 2.36. The number of esters is 2. The van der Waals surface area contributed by atoms with E-state index in [1.807, 2.05) is 36.5 Å². The lowest BCUT2D eigenvalue weighted by Gasteiger charge is -2.18. The standard InChI is InChI=1S/C38H67O9P/c1-4-6-7-8-18-23-28-35(39)29-24-19-14-10-12-15-20-25-30-37(40)45-32-36(33-46-48(42,43)44)47-38(41)31-26-21-16-11-9-13-17-22-27-34(3)5-2/h12,14-15,18-19,23-24,29,34-36,39H,4-11,13,16-17,20-22,25-28,30-33H2,1-3H3,(H2,42,43,44)/b15-12-,19-14-,23-18-,29-24+/t34?,35-,36-/m1/s1. The fraction of sp³-hybridized carbons (Fsp3) is 0.737. The fourth-order valence-electron chi connectivity index (χ4n) is 4.78. The minimum absolute atomic E-state index is 0.158. The van der Waals surface area contributed by atoms with E-state index < -0.39 is 38.6 Å². The summed E-state index contributed by atoms with van der Waals surface area (Å²) in [4.78, 5) is 42.6. The average molecular weight is 699 g/mol. The van der Waals surface area contributed by atoms with Gasteiger partial charge in [0.1, 0.15) is 6.61 Å². The monoisotopic (exact) mass is 698 g/mol. The second-order valence-corrected chi connectivity index (χ2v) is 13.9. The molecule has 0 saturated heterocycles. The maximum absolute atomic E-state index is 12.3. The molecule has 0 radical (unpaired) electrons. The van der Waals surface area contributed by atoms with Crippen molar-refractivity contribution in [3.05, 3.63) is 48.6 Å². The topological polar surface area (TPSA) is 140 Å². The van der Waals surface area contributed by atoms with Crippen molar-refractivity contribution < 1.29 is 43.0 Å². The van der Waals surface area contributed by atoms with Crippen molar-refractivity contribution in [1.82, 2.24) is 0 Å². The number of aliphatic hydroxyl groups excluding tert-OH is 1. The molecule has 278 valence electrons. The quantitative estimate of drug-likeness (QED) is 0.0206. The minimum atomic E-state index is -4.77. The molecule has 3 atom stereocenters. The highest BCUT2D eigenvalue weighted by Gasteiger charge is 2.22. The van der Waals surface area contributed by atoms with Gasteiger partial charge in [0, 0.05) is 12.8 Å². The molecule has 0 aliphatic heterocycles. The molecule has 0 aliphatic carbocycles. The Morgan fingerprint density at radius 2 is 1.38 bits per heavy atom. The minimum Gasteiger partial charge on any atom is -0.462 e. The molecule has 0 bridgehead atoms. The summed E-state index contributed by atoms with van der Waals surface area (Å²) in [6, 6.07) is 0. The number of phosphoric ester groups is 1. The zero-order chi connectivity index (χ0) is 35.7. The number of hydrogen-bond donors (Lipinski definition) is 3. The molecule has 1 unspecified atom stereocenters. The first kappa shape index (κ1) is 46.0. The molecule has 0 aromatic rings. The number of unbranched alkanes of at least 4 members (excludes halogenated alkanes) is 11. The van der Waals surface area contributed by atoms with Crippen molar-refractivity contribution >= 4 is 19.8 Å². The number of allylic oxidation sites excluding steroid dienone is 6. The van der Waals surface area contributed by atoms with Crippen molar-refractivity contribution in [2.45, 2.75) is 161 Å². The maximum Gasteiger partial charge on any atom is 0.469 e. The normalized spacial score (nSPS) is 14.4. The highest BCUT2D eigenvalue weighted by molar-refractivity contribution is 7.46. The average Bonchev–Trinajstić information content (AvgIpc) is 3.05. The van der Waals surface area contributed by atoms with Crippen molar-refractivity contribution in [3.63, 3.8) is 0 Å². The largest absolute Gasteiger partial charge is 0.469 e. The summed E-state index contributed by atoms with van der Waals surface area (Å²) >= 11 is 0. The third-order valence-electron chi connectivity index (χ3n) is 7.97. The van der Waals surface area contributed by atoms with Crippen LogP contribution in [0.1, 0.15) is 149 Å². The summed E-state index contributed by atoms with van der Waals surface area (Å²) in [6.45, 7) is 5.82. The van der Waals surface area contributed by atoms with Crippen LogP contribution in [-0.2, 0) is 28.2 Å². The summed E-state index contributed by atoms with van der Waals surface area (Å²) in [7, 11) is -4.77. The molecule has 10 heteroatoms. The van der Waals surface area contributed by atoms with Crippen molar-refractivity contribution in [2.75, 3.05) is 13.2 Å². The van der Waals surface area contributed by atoms with Gasteiger partial charge in [0.15, 0.2) is 6.10 Å². The first-order valence-electron chi connectivity index (χ1n) is 18.4. The lowest BCUT2D eigenvalue weighted by Crippen LogP contribution is -2.29. The summed E-state index contributed by atoms with van der Waals surface area (Å²) in [5, 5.41) is 9.97. The molecule has 0 aliphatic rings. The molecular weight excluding hydrogens is 631 g/mol. The molecule has 0 heterocycles. The predicted octanol–water partition coefficient (Wildman–Crippen LogP) is 9.61. The van der Waals surface area contributed by atoms with E-state index in [9.17, 15) is 19.3 Å². The van der Waals surface area contributed by atoms with Gasteiger partial charge in [-0.25, -0.2) is 4.57 Å². The van der Waals surface area contributed by atoms with E-state index in [-0.39, 0.29) is 19.4 Å². The Morgan fingerprint density at radius 1 is 0.729 bits per heavy atom. The molecule has 9 nitrogen and oxygen atoms in total. The van der Waals surface area contributed by atoms with Gasteiger partial charge in [0.2, 0.25) is 0 Å². The summed E-state index contributed by atoms with van der Waals surface area (Å²) in [5.74, 6) is -0.183. The summed E-state index contributed by atoms with van der Waals surface area (Å²) in [6.07, 6.45) is 33.0. The zero-order valence-corrected chi connectivity index (χ0v) is 31.0. The van der Waals surface area contributed by atoms with Crippen LogP contribution >= 0.6 is 7.82 Å². The Kier molecular flexibility index (Phi) is 30.8. The molecule has 0 spiro atoms. The predicted molar refractivity (Wildman–Crippen MR) is 194 cm³/mol. The van der Waals surface area contributed by atoms with Gasteiger partial charge in [-0.15, -0.1) is 0 Å². The van der Waals surface area contributed by atoms with E-state index >= 15 is 0 Å². The Labute approximate surface area is 291 Å². The van der Waals surface area contributed by atoms with E-state index in [1.165, 1.54) is 57.8 Å². The fourth-order valence-corrected chi connectivity index (χ4v) is 5.14. The number of aliphatic hydroxyl groups is 1. The lowest BCUT2D eigenvalue weighted by atomic mass is 9.99. The third-order valence-corrected chi connectivity index (χ3v) is 8.46. The van der Waals surface area contributed by atoms with Crippen LogP contribution in [0.3, 0.4) is 0 Å². The van der Waals surface area contributed by atoms with Gasteiger partial charge in [0.25, 0.3) is 0 Å². The molecule has 0 amide bonds. The molecule has 0 saturated carbocycles. The number of phosphoric acid groups is 1. The van der Waals surface area contributed by atoms with E-state index in [0.717, 1.165) is 38.0 Å². The number of hydrogen-bond acceptors (Lipinski definition) is 7. The second kappa shape index (κ2) is 32.2. The van der Waals surface area contributed by atoms with E-state index in [0.29, 0.717) is 25.7 Å². The summed E-state index contributed by atoms with van der Waals surface area (Å²) in [5.41, 5.74) is 0. The first-order chi connectivity index (χ1) is 23.1. The summed E-state index contributed by atoms with van der Waals surface area (Å²) < 4.78 is 26.2. The SMILES string of the molecule is CCCCC/C=C\C[C@@H](O)/C=C/C=C\C/C=C\CCCC(=O)OC[C@H](COP(=O)(O)O)OC(=O)CCCCCCCCCCC(C)CC. The number of rotatable bonds is 32. The van der Waals surface area contributed by atoms with Gasteiger partial charge in [-0.3, -0.25) is 14.1 Å². The zero-order valence-electron chi connectivity index (χ0n) is 30.1. The third kappa shape index (κ3) is 33.9. The Morgan fingerprint density at radius 3 is 2.06 bits per heavy atom. The van der Waals surface area contributed by atoms with Gasteiger partial charge in [0.05, 0.1) is 12.7 Å². The van der Waals surface area contributed by atoms with Crippen molar-refractivity contribution in [1.29, 1.82) is 0 Å². The van der Waals surface area contributed by atoms with Crippen LogP contribution in [-0.4, -0.2) is 52.3 Å². The van der Waals surface area contributed by atoms with E-state index in [4.69, 9.17) is 19.3 Å². The smallest absolute Gasteiger partial charge is 0.462 e. The first-order valence-corrected chi connectivity index (χ1v) is 20.0. The Balaban J connectivity index is 4.17. The van der Waals surface area contributed by atoms with Gasteiger partial charge >= 0.3 is 19.8 Å². The van der Waals surface area contributed by atoms with E-state index in [1.54, 1.807) is 6.08 Å². The molecule has 0 fully saturated rings. The van der Waals surface area contributed by atoms with Gasteiger partial charge in [-0.2, -0.15) is 0 Å². The van der Waals surface area contributed by atoms with Crippen molar-refractivity contribution in [2.24, 2.45) is 5.92 Å². The molecule has 0 rings (SSSR count). The van der Waals surface area contributed by atoms with Gasteiger partial charge < -0.3 is 24.4 Å². The lowest BCUT2D eigenvalue weighted by molar-refractivity contribution is -0.161. The molecular formula is C38H67O9P. The van der Waals surface area contributed by atoms with Crippen LogP contribution in [0.4, 0.5) is 0 Å². The Bertz CT molecular complexity index is 954.